The first-order valence-corrected chi connectivity index (χ1v) is 9.49. The third-order valence-corrected chi connectivity index (χ3v) is 5.71. The molecule has 27 heavy (non-hydrogen) atoms. The van der Waals surface area contributed by atoms with Crippen molar-refractivity contribution in [1.29, 1.82) is 0 Å². The molecule has 2 saturated heterocycles. The molecule has 5 heteroatoms. The number of para-hydroxylation sites is 1. The highest BCUT2D eigenvalue weighted by Gasteiger charge is 2.36. The average molecular weight is 387 g/mol. The maximum Gasteiger partial charge on any atom is 0.260 e. The van der Waals surface area contributed by atoms with E-state index in [9.17, 15) is 4.79 Å². The lowest BCUT2D eigenvalue weighted by Gasteiger charge is -2.35. The normalized spacial score (nSPS) is 23.4. The van der Waals surface area contributed by atoms with Crippen LogP contribution in [0.15, 0.2) is 54.6 Å². The van der Waals surface area contributed by atoms with Gasteiger partial charge in [0, 0.05) is 30.7 Å². The van der Waals surface area contributed by atoms with E-state index < -0.39 is 0 Å². The number of halogens is 1. The number of piperidine rings is 1. The molecule has 0 aromatic heterocycles. The standard InChI is InChI=1S/C22H26N2O2.ClH/c1-24(19-13-17-11-12-18(14-19)23-17)22(25)15-26-21-10-6-5-9-20(21)16-7-3-2-4-8-16;/h2-10,17-19,23H,11-15H2,1H3;1H. The Labute approximate surface area is 167 Å². The first kappa shape index (κ1) is 19.7. The smallest absolute Gasteiger partial charge is 0.260 e. The second-order valence-electron chi connectivity index (χ2n) is 7.42. The predicted octanol–water partition coefficient (Wildman–Crippen LogP) is 3.90. The molecular weight excluding hydrogens is 360 g/mol. The number of fused-ring (bicyclic) bond motifs is 2. The number of carbonyl (C=O) groups is 1. The Balaban J connectivity index is 0.00000210. The van der Waals surface area contributed by atoms with E-state index in [0.717, 1.165) is 29.7 Å². The highest BCUT2D eigenvalue weighted by atomic mass is 35.5. The molecule has 0 spiro atoms. The zero-order valence-electron chi connectivity index (χ0n) is 15.6. The quantitative estimate of drug-likeness (QED) is 0.847. The lowest BCUT2D eigenvalue weighted by Crippen LogP contribution is -2.49. The lowest BCUT2D eigenvalue weighted by atomic mass is 9.98. The highest BCUT2D eigenvalue weighted by Crippen LogP contribution is 2.31. The molecule has 0 radical (unpaired) electrons. The summed E-state index contributed by atoms with van der Waals surface area (Å²) >= 11 is 0. The summed E-state index contributed by atoms with van der Waals surface area (Å²) in [6, 6.07) is 19.5. The summed E-state index contributed by atoms with van der Waals surface area (Å²) < 4.78 is 5.93. The second kappa shape index (κ2) is 8.77. The minimum Gasteiger partial charge on any atom is -0.483 e. The van der Waals surface area contributed by atoms with E-state index >= 15 is 0 Å². The Hall–Kier alpha value is -2.04. The summed E-state index contributed by atoms with van der Waals surface area (Å²) in [5.74, 6) is 0.810. The van der Waals surface area contributed by atoms with Crippen molar-refractivity contribution in [3.63, 3.8) is 0 Å². The largest absolute Gasteiger partial charge is 0.483 e. The molecule has 4 rings (SSSR count). The van der Waals surface area contributed by atoms with E-state index in [1.165, 1.54) is 12.8 Å². The molecule has 1 amide bonds. The Bertz CT molecular complexity index is 756. The van der Waals surface area contributed by atoms with E-state index in [4.69, 9.17) is 4.74 Å². The van der Waals surface area contributed by atoms with Crippen LogP contribution in [-0.4, -0.2) is 42.6 Å². The summed E-state index contributed by atoms with van der Waals surface area (Å²) in [5, 5.41) is 3.63. The van der Waals surface area contributed by atoms with Gasteiger partial charge in [-0.25, -0.2) is 0 Å². The summed E-state index contributed by atoms with van der Waals surface area (Å²) in [7, 11) is 1.92. The number of likely N-dealkylation sites (N-methyl/N-ethyl adjacent to an activating group) is 1. The Kier molecular flexibility index (Phi) is 6.40. The van der Waals surface area contributed by atoms with Crippen molar-refractivity contribution in [2.24, 2.45) is 0 Å². The van der Waals surface area contributed by atoms with Crippen LogP contribution >= 0.6 is 12.4 Å². The van der Waals surface area contributed by atoms with Gasteiger partial charge in [0.1, 0.15) is 5.75 Å². The van der Waals surface area contributed by atoms with Gasteiger partial charge in [0.2, 0.25) is 0 Å². The van der Waals surface area contributed by atoms with Crippen molar-refractivity contribution in [2.75, 3.05) is 13.7 Å². The number of nitrogens with zero attached hydrogens (tertiary/aromatic N) is 1. The molecule has 2 heterocycles. The second-order valence-corrected chi connectivity index (χ2v) is 7.42. The molecule has 4 nitrogen and oxygen atoms in total. The fourth-order valence-corrected chi connectivity index (χ4v) is 4.24. The SMILES string of the molecule is CN(C(=O)COc1ccccc1-c1ccccc1)C1CC2CCC(C1)N2.Cl. The van der Waals surface area contributed by atoms with Gasteiger partial charge in [-0.15, -0.1) is 12.4 Å². The number of benzene rings is 2. The van der Waals surface area contributed by atoms with Crippen LogP contribution in [0.3, 0.4) is 0 Å². The van der Waals surface area contributed by atoms with Crippen LogP contribution in [0.4, 0.5) is 0 Å². The van der Waals surface area contributed by atoms with Gasteiger partial charge in [0.15, 0.2) is 6.61 Å². The fraction of sp³-hybridized carbons (Fsp3) is 0.409. The van der Waals surface area contributed by atoms with Gasteiger partial charge in [0.05, 0.1) is 0 Å². The van der Waals surface area contributed by atoms with Crippen molar-refractivity contribution in [3.8, 4) is 16.9 Å². The van der Waals surface area contributed by atoms with Crippen molar-refractivity contribution in [1.82, 2.24) is 10.2 Å². The maximum absolute atomic E-state index is 12.7. The monoisotopic (exact) mass is 386 g/mol. The number of hydrogen-bond donors (Lipinski definition) is 1. The van der Waals surface area contributed by atoms with Crippen LogP contribution in [0.2, 0.25) is 0 Å². The van der Waals surface area contributed by atoms with Crippen molar-refractivity contribution < 1.29 is 9.53 Å². The highest BCUT2D eigenvalue weighted by molar-refractivity contribution is 5.85. The van der Waals surface area contributed by atoms with Gasteiger partial charge >= 0.3 is 0 Å². The number of carbonyl (C=O) groups excluding carboxylic acids is 1. The van der Waals surface area contributed by atoms with E-state index in [-0.39, 0.29) is 24.9 Å². The van der Waals surface area contributed by atoms with Crippen LogP contribution in [0, 0.1) is 0 Å². The number of nitrogens with one attached hydrogen (secondary N) is 1. The Morgan fingerprint density at radius 1 is 1.04 bits per heavy atom. The molecular formula is C22H27ClN2O2. The van der Waals surface area contributed by atoms with Crippen LogP contribution in [0.25, 0.3) is 11.1 Å². The number of ether oxygens (including phenoxy) is 1. The molecule has 2 unspecified atom stereocenters. The maximum atomic E-state index is 12.7. The zero-order valence-corrected chi connectivity index (χ0v) is 16.5. The van der Waals surface area contributed by atoms with Crippen LogP contribution in [0.5, 0.6) is 5.75 Å². The van der Waals surface area contributed by atoms with Crippen molar-refractivity contribution >= 4 is 18.3 Å². The third-order valence-electron chi connectivity index (χ3n) is 5.71. The first-order valence-electron chi connectivity index (χ1n) is 9.49. The summed E-state index contributed by atoms with van der Waals surface area (Å²) in [6.07, 6.45) is 4.59. The van der Waals surface area contributed by atoms with E-state index in [2.05, 4.69) is 17.4 Å². The minimum absolute atomic E-state index is 0. The molecule has 2 fully saturated rings. The number of amides is 1. The Morgan fingerprint density at radius 2 is 1.67 bits per heavy atom. The summed E-state index contributed by atoms with van der Waals surface area (Å²) in [5.41, 5.74) is 2.11. The third kappa shape index (κ3) is 4.45. The lowest BCUT2D eigenvalue weighted by molar-refractivity contribution is -0.134. The van der Waals surface area contributed by atoms with E-state index in [1.54, 1.807) is 0 Å². The summed E-state index contributed by atoms with van der Waals surface area (Å²) in [4.78, 5) is 14.6. The summed E-state index contributed by atoms with van der Waals surface area (Å²) in [6.45, 7) is 0.0829. The van der Waals surface area contributed by atoms with Gasteiger partial charge in [-0.3, -0.25) is 4.79 Å². The van der Waals surface area contributed by atoms with Crippen molar-refractivity contribution in [3.05, 3.63) is 54.6 Å². The van der Waals surface area contributed by atoms with Gasteiger partial charge in [-0.1, -0.05) is 48.5 Å². The molecule has 2 atom stereocenters. The number of rotatable bonds is 5. The van der Waals surface area contributed by atoms with Crippen LogP contribution < -0.4 is 10.1 Å². The van der Waals surface area contributed by atoms with Gasteiger partial charge < -0.3 is 15.0 Å². The van der Waals surface area contributed by atoms with Crippen LogP contribution in [0.1, 0.15) is 25.7 Å². The van der Waals surface area contributed by atoms with E-state index in [0.29, 0.717) is 18.1 Å². The first-order chi connectivity index (χ1) is 12.7. The predicted molar refractivity (Wildman–Crippen MR) is 110 cm³/mol. The van der Waals surface area contributed by atoms with Crippen molar-refractivity contribution in [2.45, 2.75) is 43.8 Å². The number of hydrogen-bond acceptors (Lipinski definition) is 3. The molecule has 2 bridgehead atoms. The molecule has 144 valence electrons. The molecule has 0 saturated carbocycles. The Morgan fingerprint density at radius 3 is 2.37 bits per heavy atom. The molecule has 0 aliphatic carbocycles. The topological polar surface area (TPSA) is 41.6 Å². The molecule has 2 aliphatic rings. The molecule has 1 N–H and O–H groups in total. The molecule has 2 aromatic rings. The molecule has 2 aromatic carbocycles. The van der Waals surface area contributed by atoms with E-state index in [1.807, 2.05) is 54.4 Å². The zero-order chi connectivity index (χ0) is 17.9. The van der Waals surface area contributed by atoms with Gasteiger partial charge in [-0.05, 0) is 37.3 Å². The molecule has 2 aliphatic heterocycles. The van der Waals surface area contributed by atoms with Crippen LogP contribution in [-0.2, 0) is 4.79 Å². The van der Waals surface area contributed by atoms with Gasteiger partial charge in [-0.2, -0.15) is 0 Å². The fourth-order valence-electron chi connectivity index (χ4n) is 4.24. The van der Waals surface area contributed by atoms with Gasteiger partial charge in [0.25, 0.3) is 5.91 Å². The minimum atomic E-state index is 0. The average Bonchev–Trinajstić information content (AvgIpc) is 3.04.